The zero-order chi connectivity index (χ0) is 16.2. The number of rotatable bonds is 5. The molecule has 0 N–H and O–H groups in total. The zero-order valence-corrected chi connectivity index (χ0v) is 13.3. The van der Waals surface area contributed by atoms with Gasteiger partial charge in [-0.25, -0.2) is 0 Å². The van der Waals surface area contributed by atoms with Crippen molar-refractivity contribution in [2.75, 3.05) is 44.2 Å². The molecule has 8 heteroatoms. The molecule has 1 aromatic carbocycles. The normalized spacial score (nSPS) is 15.8. The molecule has 0 amide bonds. The molecule has 0 spiro atoms. The number of hydrogen-bond acceptors (Lipinski definition) is 6. The van der Waals surface area contributed by atoms with Gasteiger partial charge in [-0.1, -0.05) is 11.6 Å². The molecular formula is C15H17ClN4O3. The van der Waals surface area contributed by atoms with Gasteiger partial charge >= 0.3 is 0 Å². The van der Waals surface area contributed by atoms with Crippen molar-refractivity contribution in [3.63, 3.8) is 0 Å². The third kappa shape index (κ3) is 3.80. The fraction of sp³-hybridized carbons (Fsp3) is 0.400. The summed E-state index contributed by atoms with van der Waals surface area (Å²) in [5.41, 5.74) is 2.03. The van der Waals surface area contributed by atoms with E-state index in [4.69, 9.17) is 11.6 Å². The van der Waals surface area contributed by atoms with Crippen molar-refractivity contribution >= 4 is 28.2 Å². The van der Waals surface area contributed by atoms with Crippen molar-refractivity contribution in [3.8, 4) is 0 Å². The van der Waals surface area contributed by atoms with Crippen molar-refractivity contribution in [2.45, 2.75) is 0 Å². The number of piperazine rings is 1. The average molecular weight is 337 g/mol. The topological polar surface area (TPSA) is 71.7 Å². The third-order valence-electron chi connectivity index (χ3n) is 4.00. The molecule has 1 saturated heterocycles. The molecule has 23 heavy (non-hydrogen) atoms. The van der Waals surface area contributed by atoms with Crippen LogP contribution < -0.4 is 4.90 Å². The lowest BCUT2D eigenvalue weighted by Gasteiger charge is -2.36. The molecule has 0 unspecified atom stereocenters. The van der Waals surface area contributed by atoms with Crippen LogP contribution in [0.1, 0.15) is 0 Å². The molecule has 122 valence electrons. The van der Waals surface area contributed by atoms with Crippen molar-refractivity contribution < 1.29 is 9.92 Å². The Hall–Kier alpha value is -2.12. The van der Waals surface area contributed by atoms with Crippen LogP contribution >= 0.6 is 11.6 Å². The average Bonchev–Trinajstić information content (AvgIpc) is 2.54. The maximum Gasteiger partial charge on any atom is 0.294 e. The van der Waals surface area contributed by atoms with Gasteiger partial charge in [0.25, 0.3) is 5.09 Å². The minimum Gasteiger partial charge on any atom is -0.368 e. The smallest absolute Gasteiger partial charge is 0.294 e. The van der Waals surface area contributed by atoms with E-state index in [1.54, 1.807) is 6.20 Å². The van der Waals surface area contributed by atoms with Crippen LogP contribution in [0.15, 0.2) is 30.5 Å². The van der Waals surface area contributed by atoms with E-state index < -0.39 is 5.09 Å². The van der Waals surface area contributed by atoms with Gasteiger partial charge in [-0.05, 0) is 24.3 Å². The van der Waals surface area contributed by atoms with Crippen LogP contribution in [-0.2, 0) is 4.84 Å². The lowest BCUT2D eigenvalue weighted by molar-refractivity contribution is -0.757. The van der Waals surface area contributed by atoms with Crippen LogP contribution in [0.3, 0.4) is 0 Å². The summed E-state index contributed by atoms with van der Waals surface area (Å²) in [6, 6.07) is 7.75. The number of pyridine rings is 1. The van der Waals surface area contributed by atoms with E-state index in [2.05, 4.69) is 19.6 Å². The van der Waals surface area contributed by atoms with E-state index in [0.29, 0.717) is 11.6 Å². The highest BCUT2D eigenvalue weighted by atomic mass is 35.5. The Bertz CT molecular complexity index is 704. The number of hydrogen-bond donors (Lipinski definition) is 0. The maximum absolute atomic E-state index is 10.2. The summed E-state index contributed by atoms with van der Waals surface area (Å²) in [7, 11) is 0. The SMILES string of the molecule is O=[N+]([O-])OCCN1CCN(c2ccnc3cc(Cl)ccc23)CC1. The Morgan fingerprint density at radius 3 is 2.78 bits per heavy atom. The van der Waals surface area contributed by atoms with Gasteiger partial charge in [-0.2, -0.15) is 0 Å². The highest BCUT2D eigenvalue weighted by Crippen LogP contribution is 2.28. The summed E-state index contributed by atoms with van der Waals surface area (Å²) in [5, 5.41) is 11.2. The second kappa shape index (κ2) is 6.97. The quantitative estimate of drug-likeness (QED) is 0.616. The number of anilines is 1. The number of nitrogens with zero attached hydrogens (tertiary/aromatic N) is 4. The lowest BCUT2D eigenvalue weighted by Crippen LogP contribution is -2.47. The molecule has 1 aliphatic heterocycles. The highest BCUT2D eigenvalue weighted by molar-refractivity contribution is 6.31. The first-order valence-corrected chi connectivity index (χ1v) is 7.80. The predicted molar refractivity (Wildman–Crippen MR) is 88.4 cm³/mol. The molecule has 0 atom stereocenters. The van der Waals surface area contributed by atoms with Crippen LogP contribution in [0.4, 0.5) is 5.69 Å². The Morgan fingerprint density at radius 1 is 1.26 bits per heavy atom. The second-order valence-electron chi connectivity index (χ2n) is 5.38. The summed E-state index contributed by atoms with van der Waals surface area (Å²) in [6.45, 7) is 4.10. The molecule has 1 aliphatic rings. The van der Waals surface area contributed by atoms with Gasteiger partial charge in [0.1, 0.15) is 6.61 Å². The van der Waals surface area contributed by atoms with E-state index >= 15 is 0 Å². The minimum atomic E-state index is -0.746. The molecule has 0 radical (unpaired) electrons. The Morgan fingerprint density at radius 2 is 2.04 bits per heavy atom. The predicted octanol–water partition coefficient (Wildman–Crippen LogP) is 2.22. The maximum atomic E-state index is 10.2. The molecule has 2 heterocycles. The summed E-state index contributed by atoms with van der Waals surface area (Å²) >= 11 is 6.03. The Kier molecular flexibility index (Phi) is 4.78. The van der Waals surface area contributed by atoms with Crippen LogP contribution in [0, 0.1) is 10.1 Å². The van der Waals surface area contributed by atoms with Gasteiger partial charge in [-0.3, -0.25) is 9.88 Å². The molecule has 1 aromatic heterocycles. The minimum absolute atomic E-state index is 0.115. The van der Waals surface area contributed by atoms with Gasteiger partial charge in [0.05, 0.1) is 5.52 Å². The van der Waals surface area contributed by atoms with Crippen LogP contribution in [-0.4, -0.2) is 54.3 Å². The summed E-state index contributed by atoms with van der Waals surface area (Å²) in [6.07, 6.45) is 1.80. The van der Waals surface area contributed by atoms with Crippen LogP contribution in [0.2, 0.25) is 5.02 Å². The van der Waals surface area contributed by atoms with Crippen molar-refractivity contribution in [1.82, 2.24) is 9.88 Å². The summed E-state index contributed by atoms with van der Waals surface area (Å²) in [5.74, 6) is 0. The molecular weight excluding hydrogens is 320 g/mol. The van der Waals surface area contributed by atoms with Gasteiger partial charge in [0, 0.05) is 55.0 Å². The largest absolute Gasteiger partial charge is 0.368 e. The first-order valence-electron chi connectivity index (χ1n) is 7.42. The Labute approximate surface area is 138 Å². The first kappa shape index (κ1) is 15.8. The molecule has 0 bridgehead atoms. The van der Waals surface area contributed by atoms with Crippen molar-refractivity contribution in [1.29, 1.82) is 0 Å². The molecule has 3 rings (SSSR count). The molecule has 0 aliphatic carbocycles. The number of fused-ring (bicyclic) bond motifs is 1. The monoisotopic (exact) mass is 336 g/mol. The third-order valence-corrected chi connectivity index (χ3v) is 4.23. The lowest BCUT2D eigenvalue weighted by atomic mass is 10.1. The van der Waals surface area contributed by atoms with Crippen molar-refractivity contribution in [2.24, 2.45) is 0 Å². The number of benzene rings is 1. The fourth-order valence-corrected chi connectivity index (χ4v) is 3.01. The van der Waals surface area contributed by atoms with Crippen molar-refractivity contribution in [3.05, 3.63) is 45.6 Å². The molecule has 2 aromatic rings. The van der Waals surface area contributed by atoms with E-state index in [1.165, 1.54) is 0 Å². The molecule has 0 saturated carbocycles. The van der Waals surface area contributed by atoms with Gasteiger partial charge < -0.3 is 9.74 Å². The van der Waals surface area contributed by atoms with Gasteiger partial charge in [0.2, 0.25) is 0 Å². The number of aromatic nitrogens is 1. The highest BCUT2D eigenvalue weighted by Gasteiger charge is 2.19. The fourth-order valence-electron chi connectivity index (χ4n) is 2.84. The second-order valence-corrected chi connectivity index (χ2v) is 5.81. The zero-order valence-electron chi connectivity index (χ0n) is 12.5. The summed E-state index contributed by atoms with van der Waals surface area (Å²) in [4.78, 5) is 23.4. The summed E-state index contributed by atoms with van der Waals surface area (Å²) < 4.78 is 0. The molecule has 1 fully saturated rings. The van der Waals surface area contributed by atoms with Gasteiger partial charge in [0.15, 0.2) is 0 Å². The first-order chi connectivity index (χ1) is 11.1. The van der Waals surface area contributed by atoms with Crippen LogP contribution in [0.25, 0.3) is 10.9 Å². The standard InChI is InChI=1S/C15H17ClN4O3/c16-12-1-2-13-14(11-12)17-4-3-15(13)19-7-5-18(6-8-19)9-10-23-20(21)22/h1-4,11H,5-10H2. The van der Waals surface area contributed by atoms with E-state index in [1.807, 2.05) is 24.3 Å². The van der Waals surface area contributed by atoms with E-state index in [0.717, 1.165) is 42.8 Å². The van der Waals surface area contributed by atoms with Crippen LogP contribution in [0.5, 0.6) is 0 Å². The van der Waals surface area contributed by atoms with E-state index in [-0.39, 0.29) is 6.61 Å². The van der Waals surface area contributed by atoms with Gasteiger partial charge in [-0.15, -0.1) is 10.1 Å². The Balaban J connectivity index is 1.65. The number of halogens is 1. The molecule has 7 nitrogen and oxygen atoms in total. The van der Waals surface area contributed by atoms with E-state index in [9.17, 15) is 10.1 Å².